The summed E-state index contributed by atoms with van der Waals surface area (Å²) in [5.41, 5.74) is 2.82. The first-order valence-electron chi connectivity index (χ1n) is 10.6. The molecule has 0 saturated heterocycles. The number of carbonyl (C=O) groups excluding carboxylic acids is 1. The lowest BCUT2D eigenvalue weighted by Crippen LogP contribution is -2.01. The highest BCUT2D eigenvalue weighted by Gasteiger charge is 2.30. The summed E-state index contributed by atoms with van der Waals surface area (Å²) in [6, 6.07) is 14.7. The monoisotopic (exact) mass is 462 g/mol. The third-order valence-corrected chi connectivity index (χ3v) is 5.55. The van der Waals surface area contributed by atoms with Crippen molar-refractivity contribution in [3.05, 3.63) is 76.5 Å². The molecule has 34 heavy (non-hydrogen) atoms. The predicted molar refractivity (Wildman–Crippen MR) is 128 cm³/mol. The van der Waals surface area contributed by atoms with Crippen LogP contribution in [0.1, 0.15) is 27.0 Å². The van der Waals surface area contributed by atoms with E-state index in [0.29, 0.717) is 46.5 Å². The molecule has 0 fully saturated rings. The Morgan fingerprint density at radius 2 is 1.59 bits per heavy atom. The Morgan fingerprint density at radius 1 is 0.853 bits per heavy atom. The molecule has 1 heterocycles. The van der Waals surface area contributed by atoms with Gasteiger partial charge in [0.15, 0.2) is 17.3 Å². The second kappa shape index (κ2) is 9.79. The Bertz CT molecular complexity index is 1260. The van der Waals surface area contributed by atoms with Crippen LogP contribution in [-0.4, -0.2) is 34.2 Å². The number of aryl methyl sites for hydroxylation is 1. The van der Waals surface area contributed by atoms with Gasteiger partial charge in [-0.3, -0.25) is 4.79 Å². The molecular formula is C27H26O7. The minimum atomic E-state index is -0.208. The summed E-state index contributed by atoms with van der Waals surface area (Å²) in [5.74, 6) is 3.18. The first-order chi connectivity index (χ1) is 16.5. The maximum atomic E-state index is 13.1. The molecule has 0 amide bonds. The van der Waals surface area contributed by atoms with Crippen LogP contribution in [0.3, 0.4) is 0 Å². The van der Waals surface area contributed by atoms with Crippen LogP contribution in [0.4, 0.5) is 0 Å². The molecule has 0 aromatic heterocycles. The van der Waals surface area contributed by atoms with Crippen molar-refractivity contribution in [1.82, 2.24) is 0 Å². The van der Waals surface area contributed by atoms with Crippen LogP contribution < -0.4 is 28.4 Å². The molecule has 7 nitrogen and oxygen atoms in total. The lowest BCUT2D eigenvalue weighted by Gasteiger charge is -2.14. The van der Waals surface area contributed by atoms with E-state index in [-0.39, 0.29) is 11.5 Å². The summed E-state index contributed by atoms with van der Waals surface area (Å²) in [4.78, 5) is 13.1. The van der Waals surface area contributed by atoms with Gasteiger partial charge in [0, 0.05) is 17.2 Å². The molecule has 0 radical (unpaired) electrons. The molecule has 0 N–H and O–H groups in total. The molecule has 3 aromatic carbocycles. The zero-order valence-corrected chi connectivity index (χ0v) is 19.8. The fourth-order valence-corrected chi connectivity index (χ4v) is 3.92. The zero-order chi connectivity index (χ0) is 24.2. The fourth-order valence-electron chi connectivity index (χ4n) is 3.92. The van der Waals surface area contributed by atoms with Gasteiger partial charge in [-0.15, -0.1) is 0 Å². The van der Waals surface area contributed by atoms with Crippen molar-refractivity contribution in [2.24, 2.45) is 0 Å². The Morgan fingerprint density at radius 3 is 2.29 bits per heavy atom. The fraction of sp³-hybridized carbons (Fsp3) is 0.222. The van der Waals surface area contributed by atoms with E-state index in [1.165, 1.54) is 14.2 Å². The predicted octanol–water partition coefficient (Wildman–Crippen LogP) is 5.22. The summed E-state index contributed by atoms with van der Waals surface area (Å²) in [5, 5.41) is 0. The number of hydrogen-bond acceptors (Lipinski definition) is 7. The second-order valence-corrected chi connectivity index (χ2v) is 7.58. The SMILES string of the molecule is COc1ccccc1COc1cc(C)c2c(c1)O/C(=C\c1ccc(OC)c(OC)c1OC)C2=O. The van der Waals surface area contributed by atoms with E-state index in [1.54, 1.807) is 38.5 Å². The lowest BCUT2D eigenvalue weighted by atomic mass is 10.0. The van der Waals surface area contributed by atoms with Crippen LogP contribution in [0.2, 0.25) is 0 Å². The van der Waals surface area contributed by atoms with Gasteiger partial charge in [-0.1, -0.05) is 18.2 Å². The van der Waals surface area contributed by atoms with E-state index in [2.05, 4.69) is 0 Å². The van der Waals surface area contributed by atoms with Crippen molar-refractivity contribution in [3.63, 3.8) is 0 Å². The van der Waals surface area contributed by atoms with Crippen molar-refractivity contribution in [3.8, 4) is 34.5 Å². The minimum Gasteiger partial charge on any atom is -0.496 e. The molecule has 1 aliphatic heterocycles. The van der Waals surface area contributed by atoms with Gasteiger partial charge in [0.05, 0.1) is 34.0 Å². The topological polar surface area (TPSA) is 72.5 Å². The Kier molecular flexibility index (Phi) is 6.63. The standard InChI is InChI=1S/C27H26O7/c1-16-12-19(33-15-18-8-6-7-9-20(18)29-2)14-22-24(16)25(28)23(34-22)13-17-10-11-21(30-3)27(32-5)26(17)31-4/h6-14H,15H2,1-5H3/b23-13-. The van der Waals surface area contributed by atoms with Gasteiger partial charge < -0.3 is 28.4 Å². The highest BCUT2D eigenvalue weighted by Crippen LogP contribution is 2.42. The molecule has 0 bridgehead atoms. The van der Waals surface area contributed by atoms with Crippen molar-refractivity contribution in [2.75, 3.05) is 28.4 Å². The lowest BCUT2D eigenvalue weighted by molar-refractivity contribution is 0.101. The van der Waals surface area contributed by atoms with Gasteiger partial charge in [0.25, 0.3) is 0 Å². The van der Waals surface area contributed by atoms with Gasteiger partial charge in [0.1, 0.15) is 23.9 Å². The van der Waals surface area contributed by atoms with E-state index in [9.17, 15) is 4.79 Å². The normalized spacial score (nSPS) is 13.3. The number of carbonyl (C=O) groups is 1. The van der Waals surface area contributed by atoms with E-state index in [4.69, 9.17) is 28.4 Å². The number of fused-ring (bicyclic) bond motifs is 1. The quantitative estimate of drug-likeness (QED) is 0.425. The molecular weight excluding hydrogens is 436 g/mol. The smallest absolute Gasteiger partial charge is 0.232 e. The molecule has 0 atom stereocenters. The van der Waals surface area contributed by atoms with Crippen LogP contribution in [0.5, 0.6) is 34.5 Å². The van der Waals surface area contributed by atoms with Gasteiger partial charge >= 0.3 is 0 Å². The van der Waals surface area contributed by atoms with E-state index >= 15 is 0 Å². The molecule has 7 heteroatoms. The van der Waals surface area contributed by atoms with E-state index in [0.717, 1.165) is 16.9 Å². The van der Waals surface area contributed by atoms with Crippen LogP contribution in [0, 0.1) is 6.92 Å². The first-order valence-corrected chi connectivity index (χ1v) is 10.6. The number of ether oxygens (including phenoxy) is 6. The third kappa shape index (κ3) is 4.24. The number of allylic oxidation sites excluding steroid dienone is 1. The molecule has 4 rings (SSSR count). The Balaban J connectivity index is 1.62. The number of para-hydroxylation sites is 1. The molecule has 0 spiro atoms. The summed E-state index contributed by atoms with van der Waals surface area (Å²) >= 11 is 0. The van der Waals surface area contributed by atoms with Gasteiger partial charge in [0.2, 0.25) is 11.5 Å². The number of ketones is 1. The van der Waals surface area contributed by atoms with Crippen molar-refractivity contribution >= 4 is 11.9 Å². The van der Waals surface area contributed by atoms with Crippen LogP contribution in [0.25, 0.3) is 6.08 Å². The maximum absolute atomic E-state index is 13.1. The third-order valence-electron chi connectivity index (χ3n) is 5.55. The summed E-state index contributed by atoms with van der Waals surface area (Å²) in [6.07, 6.45) is 1.64. The van der Waals surface area contributed by atoms with Crippen LogP contribution in [0.15, 0.2) is 54.3 Å². The van der Waals surface area contributed by atoms with Crippen molar-refractivity contribution in [2.45, 2.75) is 13.5 Å². The van der Waals surface area contributed by atoms with Gasteiger partial charge in [-0.25, -0.2) is 0 Å². The Hall–Kier alpha value is -4.13. The first kappa shape index (κ1) is 23.0. The molecule has 0 saturated carbocycles. The molecule has 3 aromatic rings. The largest absolute Gasteiger partial charge is 0.496 e. The van der Waals surface area contributed by atoms with Gasteiger partial charge in [-0.2, -0.15) is 0 Å². The number of Topliss-reactive ketones (excluding diaryl/α,β-unsaturated/α-hetero) is 1. The summed E-state index contributed by atoms with van der Waals surface area (Å²) in [6.45, 7) is 2.18. The van der Waals surface area contributed by atoms with Gasteiger partial charge in [-0.05, 0) is 42.8 Å². The minimum absolute atomic E-state index is 0.186. The van der Waals surface area contributed by atoms with E-state index in [1.807, 2.05) is 37.3 Å². The Labute approximate surface area is 198 Å². The number of rotatable bonds is 8. The highest BCUT2D eigenvalue weighted by atomic mass is 16.5. The average molecular weight is 462 g/mol. The molecule has 1 aliphatic rings. The number of methoxy groups -OCH3 is 4. The molecule has 0 aliphatic carbocycles. The van der Waals surface area contributed by atoms with Crippen molar-refractivity contribution < 1.29 is 33.2 Å². The highest BCUT2D eigenvalue weighted by molar-refractivity contribution is 6.15. The maximum Gasteiger partial charge on any atom is 0.232 e. The average Bonchev–Trinajstić information content (AvgIpc) is 3.17. The van der Waals surface area contributed by atoms with Crippen LogP contribution >= 0.6 is 0 Å². The summed E-state index contributed by atoms with van der Waals surface area (Å²) in [7, 11) is 6.23. The number of hydrogen-bond donors (Lipinski definition) is 0. The second-order valence-electron chi connectivity index (χ2n) is 7.58. The van der Waals surface area contributed by atoms with E-state index < -0.39 is 0 Å². The molecule has 0 unspecified atom stereocenters. The summed E-state index contributed by atoms with van der Waals surface area (Å²) < 4.78 is 33.6. The zero-order valence-electron chi connectivity index (χ0n) is 19.8. The van der Waals surface area contributed by atoms with Crippen LogP contribution in [-0.2, 0) is 6.61 Å². The van der Waals surface area contributed by atoms with Crippen molar-refractivity contribution in [1.29, 1.82) is 0 Å². The number of benzene rings is 3. The molecule has 176 valence electrons.